The molecule has 0 saturated heterocycles. The van der Waals surface area contributed by atoms with Crippen LogP contribution in [0.4, 0.5) is 0 Å². The molecule has 1 N–H and O–H groups in total. The zero-order valence-electron chi connectivity index (χ0n) is 12.0. The van der Waals surface area contributed by atoms with Gasteiger partial charge in [0.05, 0.1) is 6.10 Å². The van der Waals surface area contributed by atoms with Crippen molar-refractivity contribution >= 4 is 16.7 Å². The van der Waals surface area contributed by atoms with Crippen LogP contribution in [0.1, 0.15) is 44.5 Å². The van der Waals surface area contributed by atoms with Crippen LogP contribution in [0.5, 0.6) is 5.75 Å². The van der Waals surface area contributed by atoms with E-state index in [4.69, 9.17) is 4.74 Å². The molecule has 1 aromatic heterocycles. The molecule has 0 aliphatic rings. The topological polar surface area (TPSA) is 42.1 Å². The lowest BCUT2D eigenvalue weighted by Crippen LogP contribution is -2.05. The molecule has 0 unspecified atom stereocenters. The molecule has 2 aromatic rings. The number of aromatic amines is 1. The Kier molecular flexibility index (Phi) is 3.93. The van der Waals surface area contributed by atoms with Gasteiger partial charge in [-0.25, -0.2) is 0 Å². The fourth-order valence-corrected chi connectivity index (χ4v) is 2.16. The van der Waals surface area contributed by atoms with Crippen LogP contribution in [0.25, 0.3) is 10.9 Å². The summed E-state index contributed by atoms with van der Waals surface area (Å²) in [5.41, 5.74) is 1.74. The number of nitrogens with one attached hydrogen (secondary N) is 1. The number of carbonyl (C=O) groups excluding carboxylic acids is 1. The van der Waals surface area contributed by atoms with Gasteiger partial charge in [-0.1, -0.05) is 13.8 Å². The molecule has 0 atom stereocenters. The van der Waals surface area contributed by atoms with Crippen LogP contribution in [-0.4, -0.2) is 16.9 Å². The first-order valence-corrected chi connectivity index (χ1v) is 6.78. The molecule has 1 heterocycles. The van der Waals surface area contributed by atoms with Crippen LogP contribution in [0, 0.1) is 5.92 Å². The molecular weight excluding hydrogens is 238 g/mol. The van der Waals surface area contributed by atoms with Crippen molar-refractivity contribution < 1.29 is 9.53 Å². The lowest BCUT2D eigenvalue weighted by atomic mass is 10.0. The summed E-state index contributed by atoms with van der Waals surface area (Å²) in [4.78, 5) is 15.3. The summed E-state index contributed by atoms with van der Waals surface area (Å²) >= 11 is 0. The van der Waals surface area contributed by atoms with E-state index in [1.807, 2.05) is 32.0 Å². The fraction of sp³-hybridized carbons (Fsp3) is 0.438. The van der Waals surface area contributed by atoms with Crippen molar-refractivity contribution in [3.63, 3.8) is 0 Å². The van der Waals surface area contributed by atoms with Crippen molar-refractivity contribution in [1.29, 1.82) is 0 Å². The van der Waals surface area contributed by atoms with E-state index in [1.165, 1.54) is 0 Å². The number of H-pyrrole nitrogens is 1. The number of ketones is 1. The molecule has 0 amide bonds. The van der Waals surface area contributed by atoms with Crippen LogP contribution in [0.3, 0.4) is 0 Å². The van der Waals surface area contributed by atoms with Crippen LogP contribution < -0.4 is 4.74 Å². The van der Waals surface area contributed by atoms with Gasteiger partial charge >= 0.3 is 0 Å². The summed E-state index contributed by atoms with van der Waals surface area (Å²) in [5.74, 6) is 1.36. The number of hydrogen-bond donors (Lipinski definition) is 1. The first-order chi connectivity index (χ1) is 8.97. The van der Waals surface area contributed by atoms with Crippen molar-refractivity contribution in [2.24, 2.45) is 5.92 Å². The zero-order chi connectivity index (χ0) is 14.0. The summed E-state index contributed by atoms with van der Waals surface area (Å²) < 4.78 is 5.68. The minimum atomic E-state index is 0.131. The molecule has 102 valence electrons. The minimum Gasteiger partial charge on any atom is -0.491 e. The Balaban J connectivity index is 2.37. The molecule has 0 aliphatic heterocycles. The lowest BCUT2D eigenvalue weighted by molar-refractivity contribution is 0.0969. The molecule has 0 aliphatic carbocycles. The molecule has 3 heteroatoms. The van der Waals surface area contributed by atoms with Crippen molar-refractivity contribution in [3.05, 3.63) is 30.0 Å². The second kappa shape index (κ2) is 5.47. The Bertz CT molecular complexity index is 581. The van der Waals surface area contributed by atoms with E-state index >= 15 is 0 Å². The summed E-state index contributed by atoms with van der Waals surface area (Å²) in [6.45, 7) is 8.10. The lowest BCUT2D eigenvalue weighted by Gasteiger charge is -2.09. The van der Waals surface area contributed by atoms with Gasteiger partial charge in [-0.3, -0.25) is 4.79 Å². The van der Waals surface area contributed by atoms with E-state index < -0.39 is 0 Å². The maximum atomic E-state index is 12.2. The average molecular weight is 259 g/mol. The highest BCUT2D eigenvalue weighted by molar-refractivity contribution is 6.08. The summed E-state index contributed by atoms with van der Waals surface area (Å²) in [5, 5.41) is 0.948. The molecule has 3 nitrogen and oxygen atoms in total. The normalized spacial score (nSPS) is 11.5. The van der Waals surface area contributed by atoms with E-state index in [1.54, 1.807) is 6.20 Å². The van der Waals surface area contributed by atoms with Gasteiger partial charge in [-0.05, 0) is 38.0 Å². The summed E-state index contributed by atoms with van der Waals surface area (Å²) in [7, 11) is 0. The monoisotopic (exact) mass is 259 g/mol. The van der Waals surface area contributed by atoms with Gasteiger partial charge < -0.3 is 9.72 Å². The predicted molar refractivity (Wildman–Crippen MR) is 77.8 cm³/mol. The summed E-state index contributed by atoms with van der Waals surface area (Å²) in [6, 6.07) is 5.83. The average Bonchev–Trinajstić information content (AvgIpc) is 2.70. The number of benzene rings is 1. The van der Waals surface area contributed by atoms with Crippen molar-refractivity contribution in [2.45, 2.75) is 40.2 Å². The third-order valence-corrected chi connectivity index (χ3v) is 2.92. The molecule has 1 aromatic carbocycles. The Morgan fingerprint density at radius 2 is 2.00 bits per heavy atom. The molecule has 0 fully saturated rings. The summed E-state index contributed by atoms with van der Waals surface area (Å²) in [6.07, 6.45) is 2.50. The standard InChI is InChI=1S/C16H21NO2/c1-10(2)7-16(18)14-9-17-15-6-5-12(8-13(14)15)19-11(3)4/h5-6,8-11,17H,7H2,1-4H3. The van der Waals surface area contributed by atoms with Gasteiger partial charge in [0.15, 0.2) is 5.78 Å². The largest absolute Gasteiger partial charge is 0.491 e. The number of carbonyl (C=O) groups is 1. The number of fused-ring (bicyclic) bond motifs is 1. The number of ether oxygens (including phenoxy) is 1. The number of rotatable bonds is 5. The smallest absolute Gasteiger partial charge is 0.165 e. The van der Waals surface area contributed by atoms with Crippen LogP contribution in [-0.2, 0) is 0 Å². The van der Waals surface area contributed by atoms with E-state index in [2.05, 4.69) is 18.8 Å². The molecule has 0 spiro atoms. The second-order valence-electron chi connectivity index (χ2n) is 5.60. The van der Waals surface area contributed by atoms with E-state index in [-0.39, 0.29) is 11.9 Å². The zero-order valence-corrected chi connectivity index (χ0v) is 12.0. The highest BCUT2D eigenvalue weighted by Crippen LogP contribution is 2.26. The molecule has 0 bridgehead atoms. The third kappa shape index (κ3) is 3.16. The van der Waals surface area contributed by atoms with Gasteiger partial charge in [0.25, 0.3) is 0 Å². The maximum absolute atomic E-state index is 12.2. The van der Waals surface area contributed by atoms with E-state index in [9.17, 15) is 4.79 Å². The van der Waals surface area contributed by atoms with E-state index in [0.29, 0.717) is 12.3 Å². The van der Waals surface area contributed by atoms with E-state index in [0.717, 1.165) is 22.2 Å². The molecule has 19 heavy (non-hydrogen) atoms. The van der Waals surface area contributed by atoms with Gasteiger partial charge in [-0.15, -0.1) is 0 Å². The first kappa shape index (κ1) is 13.7. The van der Waals surface area contributed by atoms with Gasteiger partial charge in [0.2, 0.25) is 0 Å². The molecule has 2 rings (SSSR count). The third-order valence-electron chi connectivity index (χ3n) is 2.92. The van der Waals surface area contributed by atoms with Crippen molar-refractivity contribution in [3.8, 4) is 5.75 Å². The predicted octanol–water partition coefficient (Wildman–Crippen LogP) is 4.18. The molecule has 0 saturated carbocycles. The highest BCUT2D eigenvalue weighted by Gasteiger charge is 2.14. The van der Waals surface area contributed by atoms with Crippen LogP contribution in [0.15, 0.2) is 24.4 Å². The van der Waals surface area contributed by atoms with Crippen LogP contribution in [0.2, 0.25) is 0 Å². The second-order valence-corrected chi connectivity index (χ2v) is 5.60. The Morgan fingerprint density at radius 3 is 2.63 bits per heavy atom. The number of Topliss-reactive ketones (excluding diaryl/α,β-unsaturated/α-hetero) is 1. The fourth-order valence-electron chi connectivity index (χ4n) is 2.16. The van der Waals surface area contributed by atoms with Gasteiger partial charge in [-0.2, -0.15) is 0 Å². The van der Waals surface area contributed by atoms with Crippen molar-refractivity contribution in [2.75, 3.05) is 0 Å². The minimum absolute atomic E-state index is 0.131. The van der Waals surface area contributed by atoms with Gasteiger partial charge in [0.1, 0.15) is 5.75 Å². The number of hydrogen-bond acceptors (Lipinski definition) is 2. The first-order valence-electron chi connectivity index (χ1n) is 6.78. The molecular formula is C16H21NO2. The number of aromatic nitrogens is 1. The van der Waals surface area contributed by atoms with Crippen LogP contribution >= 0.6 is 0 Å². The highest BCUT2D eigenvalue weighted by atomic mass is 16.5. The quantitative estimate of drug-likeness (QED) is 0.818. The Hall–Kier alpha value is -1.77. The maximum Gasteiger partial charge on any atom is 0.165 e. The molecule has 0 radical (unpaired) electrons. The Labute approximate surface area is 114 Å². The van der Waals surface area contributed by atoms with Gasteiger partial charge in [0, 0.05) is 29.1 Å². The SMILES string of the molecule is CC(C)CC(=O)c1c[nH]c2ccc(OC(C)C)cc12. The Morgan fingerprint density at radius 1 is 1.26 bits per heavy atom. The van der Waals surface area contributed by atoms with Crippen molar-refractivity contribution in [1.82, 2.24) is 4.98 Å².